The van der Waals surface area contributed by atoms with Crippen molar-refractivity contribution in [2.45, 2.75) is 32.0 Å². The number of amides is 1. The maximum absolute atomic E-state index is 13.4. The molecule has 1 amide bonds. The van der Waals surface area contributed by atoms with E-state index in [-0.39, 0.29) is 23.5 Å². The fourth-order valence-electron chi connectivity index (χ4n) is 3.95. The molecule has 1 unspecified atom stereocenters. The molecule has 1 aromatic heterocycles. The van der Waals surface area contributed by atoms with E-state index in [1.54, 1.807) is 11.0 Å². The number of carbonyl (C=O) groups excluding carboxylic acids is 1. The van der Waals surface area contributed by atoms with E-state index in [1.165, 1.54) is 12.1 Å². The molecule has 0 bridgehead atoms. The summed E-state index contributed by atoms with van der Waals surface area (Å²) in [7, 11) is 0. The molecule has 0 N–H and O–H groups in total. The molecule has 1 fully saturated rings. The number of ether oxygens (including phenoxy) is 1. The Hall–Kier alpha value is -3.71. The van der Waals surface area contributed by atoms with E-state index in [0.717, 1.165) is 16.9 Å². The Labute approximate surface area is 200 Å². The van der Waals surface area contributed by atoms with Gasteiger partial charge in [-0.15, -0.1) is 0 Å². The molecule has 1 aliphatic rings. The first kappa shape index (κ1) is 22.1. The fraction of sp³-hybridized carbons (Fsp3) is 0.192. The quantitative estimate of drug-likeness (QED) is 0.328. The number of aromatic nitrogens is 2. The minimum atomic E-state index is -0.420. The van der Waals surface area contributed by atoms with Gasteiger partial charge in [0.1, 0.15) is 24.2 Å². The van der Waals surface area contributed by atoms with Crippen molar-refractivity contribution in [3.05, 3.63) is 101 Å². The number of hydrogen-bond donors (Lipinski definition) is 0. The molecule has 0 spiro atoms. The van der Waals surface area contributed by atoms with Gasteiger partial charge in [0.2, 0.25) is 17.6 Å². The molecule has 5 rings (SSSR count). The monoisotopic (exact) mass is 477 g/mol. The Bertz CT molecular complexity index is 1290. The van der Waals surface area contributed by atoms with E-state index in [1.807, 2.05) is 54.6 Å². The van der Waals surface area contributed by atoms with Gasteiger partial charge in [0.15, 0.2) is 0 Å². The average molecular weight is 478 g/mol. The van der Waals surface area contributed by atoms with Crippen LogP contribution in [-0.4, -0.2) is 20.9 Å². The highest BCUT2D eigenvalue weighted by molar-refractivity contribution is 6.31. The lowest BCUT2D eigenvalue weighted by molar-refractivity contribution is -0.129. The average Bonchev–Trinajstić information content (AvgIpc) is 3.48. The van der Waals surface area contributed by atoms with E-state index in [4.69, 9.17) is 20.9 Å². The Balaban J connectivity index is 1.28. The maximum Gasteiger partial charge on any atom is 0.249 e. The molecule has 172 valence electrons. The second kappa shape index (κ2) is 9.65. The van der Waals surface area contributed by atoms with Crippen LogP contribution in [0.3, 0.4) is 0 Å². The van der Waals surface area contributed by atoms with Crippen molar-refractivity contribution in [2.75, 3.05) is 0 Å². The van der Waals surface area contributed by atoms with Gasteiger partial charge in [0, 0.05) is 23.6 Å². The molecule has 4 aromatic rings. The summed E-state index contributed by atoms with van der Waals surface area (Å²) >= 11 is 6.16. The topological polar surface area (TPSA) is 68.5 Å². The summed E-state index contributed by atoms with van der Waals surface area (Å²) in [4.78, 5) is 18.7. The summed E-state index contributed by atoms with van der Waals surface area (Å²) in [6, 6.07) is 21.2. The van der Waals surface area contributed by atoms with E-state index in [9.17, 15) is 9.18 Å². The van der Waals surface area contributed by atoms with Crippen molar-refractivity contribution < 1.29 is 18.4 Å². The third-order valence-corrected chi connectivity index (χ3v) is 6.12. The first-order chi connectivity index (χ1) is 16.6. The van der Waals surface area contributed by atoms with E-state index < -0.39 is 5.82 Å². The van der Waals surface area contributed by atoms with Gasteiger partial charge in [-0.05, 0) is 53.9 Å². The lowest BCUT2D eigenvalue weighted by Crippen LogP contribution is -2.27. The van der Waals surface area contributed by atoms with Crippen molar-refractivity contribution in [1.29, 1.82) is 0 Å². The third-order valence-electron chi connectivity index (χ3n) is 5.77. The van der Waals surface area contributed by atoms with Crippen molar-refractivity contribution in [3.63, 3.8) is 0 Å². The highest BCUT2D eigenvalue weighted by atomic mass is 35.5. The Morgan fingerprint density at radius 2 is 1.88 bits per heavy atom. The van der Waals surface area contributed by atoms with E-state index in [2.05, 4.69) is 10.1 Å². The van der Waals surface area contributed by atoms with Crippen LogP contribution in [0.2, 0.25) is 5.02 Å². The van der Waals surface area contributed by atoms with Gasteiger partial charge in [-0.2, -0.15) is 4.98 Å². The summed E-state index contributed by atoms with van der Waals surface area (Å²) in [5, 5.41) is 4.39. The zero-order chi connectivity index (χ0) is 23.5. The molecule has 1 atom stereocenters. The van der Waals surface area contributed by atoms with Crippen molar-refractivity contribution >= 4 is 17.5 Å². The van der Waals surface area contributed by atoms with Gasteiger partial charge in [-0.25, -0.2) is 4.39 Å². The summed E-state index contributed by atoms with van der Waals surface area (Å²) in [6.45, 7) is 0.726. The van der Waals surface area contributed by atoms with E-state index in [0.29, 0.717) is 36.7 Å². The molecule has 6 nitrogen and oxygen atoms in total. The first-order valence-corrected chi connectivity index (χ1v) is 11.3. The Morgan fingerprint density at radius 3 is 2.65 bits per heavy atom. The first-order valence-electron chi connectivity index (χ1n) is 10.9. The minimum Gasteiger partial charge on any atom is -0.489 e. The van der Waals surface area contributed by atoms with Gasteiger partial charge in [-0.1, -0.05) is 53.2 Å². The van der Waals surface area contributed by atoms with Gasteiger partial charge in [-0.3, -0.25) is 4.79 Å². The molecule has 8 heteroatoms. The smallest absolute Gasteiger partial charge is 0.249 e. The Kier molecular flexibility index (Phi) is 6.27. The molecule has 0 radical (unpaired) electrons. The van der Waals surface area contributed by atoms with Crippen LogP contribution >= 0.6 is 11.6 Å². The van der Waals surface area contributed by atoms with Crippen molar-refractivity contribution in [3.8, 4) is 17.1 Å². The zero-order valence-corrected chi connectivity index (χ0v) is 18.9. The van der Waals surface area contributed by atoms with Crippen LogP contribution in [0, 0.1) is 5.82 Å². The van der Waals surface area contributed by atoms with Crippen LogP contribution in [0.25, 0.3) is 11.4 Å². The zero-order valence-electron chi connectivity index (χ0n) is 18.2. The lowest BCUT2D eigenvalue weighted by atomic mass is 10.1. The molecule has 1 saturated heterocycles. The lowest BCUT2D eigenvalue weighted by Gasteiger charge is -2.22. The summed E-state index contributed by atoms with van der Waals surface area (Å²) in [5.41, 5.74) is 2.53. The Morgan fingerprint density at radius 1 is 1.09 bits per heavy atom. The van der Waals surface area contributed by atoms with Gasteiger partial charge in [0.25, 0.3) is 0 Å². The van der Waals surface area contributed by atoms with Crippen molar-refractivity contribution in [1.82, 2.24) is 15.0 Å². The van der Waals surface area contributed by atoms with Gasteiger partial charge >= 0.3 is 0 Å². The predicted molar refractivity (Wildman–Crippen MR) is 124 cm³/mol. The number of likely N-dealkylation sites (tertiary alicyclic amines) is 1. The maximum atomic E-state index is 13.4. The SMILES string of the molecule is O=C1CCC(c2nc(-c3ccc(OCc4ccccc4)cc3)no2)N1Cc1ccc(F)cc1Cl. The van der Waals surface area contributed by atoms with Crippen LogP contribution in [0.1, 0.15) is 35.9 Å². The normalized spacial score (nSPS) is 15.6. The van der Waals surface area contributed by atoms with Crippen LogP contribution in [0.15, 0.2) is 77.3 Å². The predicted octanol–water partition coefficient (Wildman–Crippen LogP) is 5.97. The van der Waals surface area contributed by atoms with Crippen LogP contribution in [-0.2, 0) is 17.9 Å². The second-order valence-electron chi connectivity index (χ2n) is 8.07. The minimum absolute atomic E-state index is 0.0370. The summed E-state index contributed by atoms with van der Waals surface area (Å²) in [5.74, 6) is 1.08. The molecule has 1 aliphatic heterocycles. The number of nitrogens with zero attached hydrogens (tertiary/aromatic N) is 3. The number of halogens is 2. The molecule has 2 heterocycles. The largest absolute Gasteiger partial charge is 0.489 e. The van der Waals surface area contributed by atoms with Crippen LogP contribution < -0.4 is 4.74 Å². The van der Waals surface area contributed by atoms with Crippen LogP contribution in [0.5, 0.6) is 5.75 Å². The second-order valence-corrected chi connectivity index (χ2v) is 8.47. The van der Waals surface area contributed by atoms with Gasteiger partial charge in [0.05, 0.1) is 0 Å². The molecule has 0 aliphatic carbocycles. The highest BCUT2D eigenvalue weighted by Gasteiger charge is 2.36. The third kappa shape index (κ3) is 4.79. The van der Waals surface area contributed by atoms with Gasteiger partial charge < -0.3 is 14.2 Å². The standard InChI is InChI=1S/C26H21ClFN3O3/c27-22-14-20(28)9-6-19(22)15-31-23(12-13-24(31)32)26-29-25(30-34-26)18-7-10-21(11-8-18)33-16-17-4-2-1-3-5-17/h1-11,14,23H,12-13,15-16H2. The number of hydrogen-bond acceptors (Lipinski definition) is 5. The van der Waals surface area contributed by atoms with E-state index >= 15 is 0 Å². The molecular formula is C26H21ClFN3O3. The molecular weight excluding hydrogens is 457 g/mol. The number of benzene rings is 3. The number of carbonyl (C=O) groups is 1. The fourth-order valence-corrected chi connectivity index (χ4v) is 4.18. The summed E-state index contributed by atoms with van der Waals surface area (Å²) in [6.07, 6.45) is 0.931. The van der Waals surface area contributed by atoms with Crippen LogP contribution in [0.4, 0.5) is 4.39 Å². The van der Waals surface area contributed by atoms with Crippen molar-refractivity contribution in [2.24, 2.45) is 0 Å². The molecule has 34 heavy (non-hydrogen) atoms. The summed E-state index contributed by atoms with van der Waals surface area (Å²) < 4.78 is 24.7. The molecule has 0 saturated carbocycles. The highest BCUT2D eigenvalue weighted by Crippen LogP contribution is 2.35. The molecule has 3 aromatic carbocycles. The number of rotatable bonds is 7.